The van der Waals surface area contributed by atoms with Gasteiger partial charge in [0.05, 0.1) is 6.54 Å². The van der Waals surface area contributed by atoms with E-state index in [9.17, 15) is 4.79 Å². The van der Waals surface area contributed by atoms with Crippen LogP contribution in [-0.4, -0.2) is 32.6 Å². The summed E-state index contributed by atoms with van der Waals surface area (Å²) in [6.07, 6.45) is 3.75. The summed E-state index contributed by atoms with van der Waals surface area (Å²) < 4.78 is 2.07. The van der Waals surface area contributed by atoms with Crippen LogP contribution in [-0.2, 0) is 24.2 Å². The van der Waals surface area contributed by atoms with Crippen LogP contribution in [0, 0.1) is 0 Å². The Morgan fingerprint density at radius 1 is 1.23 bits per heavy atom. The zero-order chi connectivity index (χ0) is 15.5. The second-order valence-electron chi connectivity index (χ2n) is 5.91. The van der Waals surface area contributed by atoms with E-state index in [1.54, 1.807) is 4.90 Å². The predicted octanol–water partition coefficient (Wildman–Crippen LogP) is 2.38. The molecule has 1 aromatic carbocycles. The van der Waals surface area contributed by atoms with Crippen molar-refractivity contribution in [2.45, 2.75) is 45.2 Å². The van der Waals surface area contributed by atoms with E-state index in [1.807, 2.05) is 25.2 Å². The van der Waals surface area contributed by atoms with Crippen LogP contribution in [0.15, 0.2) is 30.3 Å². The van der Waals surface area contributed by atoms with Crippen LogP contribution in [0.5, 0.6) is 0 Å². The van der Waals surface area contributed by atoms with Crippen molar-refractivity contribution in [3.05, 3.63) is 47.5 Å². The minimum atomic E-state index is -0.224. The molecule has 5 nitrogen and oxygen atoms in total. The molecule has 0 spiro atoms. The Balaban J connectivity index is 1.94. The molecule has 0 fully saturated rings. The van der Waals surface area contributed by atoms with E-state index in [-0.39, 0.29) is 11.9 Å². The standard InChI is InChI=1S/C17H22N4O/c1-3-4-10-15-18-19-16-12-20(2)17(22)14(21(15)16)11-13-8-6-5-7-9-13/h5-9,14H,3-4,10-12H2,1-2H3/t14-/m1/s1. The molecule has 2 aromatic rings. The molecule has 5 heteroatoms. The number of aromatic nitrogens is 3. The van der Waals surface area contributed by atoms with Crippen molar-refractivity contribution in [2.24, 2.45) is 0 Å². The third-order valence-corrected chi connectivity index (χ3v) is 4.21. The number of hydrogen-bond donors (Lipinski definition) is 0. The second-order valence-corrected chi connectivity index (χ2v) is 5.91. The molecule has 0 bridgehead atoms. The van der Waals surface area contributed by atoms with Crippen molar-refractivity contribution in [1.82, 2.24) is 19.7 Å². The lowest BCUT2D eigenvalue weighted by atomic mass is 10.0. The first-order valence-corrected chi connectivity index (χ1v) is 7.92. The fourth-order valence-electron chi connectivity index (χ4n) is 3.00. The van der Waals surface area contributed by atoms with Gasteiger partial charge < -0.3 is 9.47 Å². The molecule has 1 atom stereocenters. The highest BCUT2D eigenvalue weighted by molar-refractivity contribution is 5.81. The molecule has 0 unspecified atom stereocenters. The number of benzene rings is 1. The van der Waals surface area contributed by atoms with Gasteiger partial charge in [-0.3, -0.25) is 4.79 Å². The van der Waals surface area contributed by atoms with Crippen LogP contribution in [0.2, 0.25) is 0 Å². The summed E-state index contributed by atoms with van der Waals surface area (Å²) in [6.45, 7) is 2.71. The monoisotopic (exact) mass is 298 g/mol. The van der Waals surface area contributed by atoms with Gasteiger partial charge in [0, 0.05) is 19.9 Å². The van der Waals surface area contributed by atoms with Crippen LogP contribution in [0.4, 0.5) is 0 Å². The van der Waals surface area contributed by atoms with Crippen LogP contribution >= 0.6 is 0 Å². The molecule has 1 aromatic heterocycles. The number of amides is 1. The molecule has 22 heavy (non-hydrogen) atoms. The normalized spacial score (nSPS) is 17.6. The Hall–Kier alpha value is -2.17. The second kappa shape index (κ2) is 6.30. The minimum Gasteiger partial charge on any atom is -0.336 e. The third kappa shape index (κ3) is 2.75. The molecule has 3 rings (SSSR count). The summed E-state index contributed by atoms with van der Waals surface area (Å²) in [6, 6.07) is 9.93. The molecule has 2 heterocycles. The summed E-state index contributed by atoms with van der Waals surface area (Å²) in [7, 11) is 1.84. The lowest BCUT2D eigenvalue weighted by Gasteiger charge is -2.31. The molecule has 0 radical (unpaired) electrons. The summed E-state index contributed by atoms with van der Waals surface area (Å²) in [5.74, 6) is 1.99. The van der Waals surface area contributed by atoms with E-state index in [0.29, 0.717) is 13.0 Å². The number of fused-ring (bicyclic) bond motifs is 1. The number of carbonyl (C=O) groups is 1. The number of unbranched alkanes of at least 4 members (excludes halogenated alkanes) is 1. The van der Waals surface area contributed by atoms with Crippen LogP contribution in [0.1, 0.15) is 43.0 Å². The average Bonchev–Trinajstić information content (AvgIpc) is 2.93. The van der Waals surface area contributed by atoms with Gasteiger partial charge >= 0.3 is 0 Å². The molecule has 1 aliphatic heterocycles. The van der Waals surface area contributed by atoms with Crippen LogP contribution < -0.4 is 0 Å². The highest BCUT2D eigenvalue weighted by Gasteiger charge is 2.34. The van der Waals surface area contributed by atoms with E-state index in [2.05, 4.69) is 33.8 Å². The summed E-state index contributed by atoms with van der Waals surface area (Å²) >= 11 is 0. The highest BCUT2D eigenvalue weighted by Crippen LogP contribution is 2.26. The maximum Gasteiger partial charge on any atom is 0.246 e. The summed E-state index contributed by atoms with van der Waals surface area (Å²) in [5, 5.41) is 8.64. The highest BCUT2D eigenvalue weighted by atomic mass is 16.2. The molecule has 0 saturated heterocycles. The van der Waals surface area contributed by atoms with E-state index < -0.39 is 0 Å². The Bertz CT molecular complexity index is 650. The first-order valence-electron chi connectivity index (χ1n) is 7.92. The average molecular weight is 298 g/mol. The number of likely N-dealkylation sites (N-methyl/N-ethyl adjacent to an activating group) is 1. The van der Waals surface area contributed by atoms with Gasteiger partial charge in [-0.25, -0.2) is 0 Å². The number of rotatable bonds is 5. The molecular weight excluding hydrogens is 276 g/mol. The fourth-order valence-corrected chi connectivity index (χ4v) is 3.00. The molecule has 1 aliphatic rings. The van der Waals surface area contributed by atoms with E-state index in [4.69, 9.17) is 0 Å². The van der Waals surface area contributed by atoms with Crippen molar-refractivity contribution >= 4 is 5.91 Å². The van der Waals surface area contributed by atoms with Crippen molar-refractivity contribution in [3.8, 4) is 0 Å². The number of nitrogens with zero attached hydrogens (tertiary/aromatic N) is 4. The van der Waals surface area contributed by atoms with Gasteiger partial charge in [-0.05, 0) is 12.0 Å². The lowest BCUT2D eigenvalue weighted by Crippen LogP contribution is -2.41. The van der Waals surface area contributed by atoms with Crippen LogP contribution in [0.3, 0.4) is 0 Å². The molecule has 0 saturated carbocycles. The van der Waals surface area contributed by atoms with E-state index in [1.165, 1.54) is 0 Å². The zero-order valence-electron chi connectivity index (χ0n) is 13.2. The fraction of sp³-hybridized carbons (Fsp3) is 0.471. The zero-order valence-corrected chi connectivity index (χ0v) is 13.2. The quantitative estimate of drug-likeness (QED) is 0.851. The molecule has 0 aliphatic carbocycles. The van der Waals surface area contributed by atoms with Gasteiger partial charge in [0.25, 0.3) is 0 Å². The largest absolute Gasteiger partial charge is 0.336 e. The van der Waals surface area contributed by atoms with E-state index >= 15 is 0 Å². The number of carbonyl (C=O) groups excluding carboxylic acids is 1. The van der Waals surface area contributed by atoms with Crippen molar-refractivity contribution in [2.75, 3.05) is 7.05 Å². The maximum absolute atomic E-state index is 12.7. The van der Waals surface area contributed by atoms with Crippen molar-refractivity contribution in [3.63, 3.8) is 0 Å². The van der Waals surface area contributed by atoms with Crippen molar-refractivity contribution < 1.29 is 4.79 Å². The Labute approximate surface area is 131 Å². The van der Waals surface area contributed by atoms with E-state index in [0.717, 1.165) is 36.5 Å². The molecule has 116 valence electrons. The Kier molecular flexibility index (Phi) is 4.22. The lowest BCUT2D eigenvalue weighted by molar-refractivity contribution is -0.136. The van der Waals surface area contributed by atoms with Gasteiger partial charge in [-0.15, -0.1) is 10.2 Å². The minimum absolute atomic E-state index is 0.147. The van der Waals surface area contributed by atoms with Gasteiger partial charge in [0.15, 0.2) is 5.82 Å². The topological polar surface area (TPSA) is 51.0 Å². The van der Waals surface area contributed by atoms with Crippen LogP contribution in [0.25, 0.3) is 0 Å². The molecular formula is C17H22N4O. The van der Waals surface area contributed by atoms with Gasteiger partial charge in [-0.1, -0.05) is 43.7 Å². The third-order valence-electron chi connectivity index (χ3n) is 4.21. The maximum atomic E-state index is 12.7. The van der Waals surface area contributed by atoms with Gasteiger partial charge in [0.1, 0.15) is 11.9 Å². The Morgan fingerprint density at radius 2 is 2.00 bits per heavy atom. The number of aryl methyl sites for hydroxylation is 1. The first-order chi connectivity index (χ1) is 10.7. The first kappa shape index (κ1) is 14.8. The smallest absolute Gasteiger partial charge is 0.246 e. The predicted molar refractivity (Wildman–Crippen MR) is 84.3 cm³/mol. The summed E-state index contributed by atoms with van der Waals surface area (Å²) in [4.78, 5) is 14.4. The SMILES string of the molecule is CCCCc1nnc2n1[C@H](Cc1ccccc1)C(=O)N(C)C2. The van der Waals surface area contributed by atoms with Crippen molar-refractivity contribution in [1.29, 1.82) is 0 Å². The Morgan fingerprint density at radius 3 is 2.73 bits per heavy atom. The molecule has 0 N–H and O–H groups in total. The van der Waals surface area contributed by atoms with Gasteiger partial charge in [-0.2, -0.15) is 0 Å². The summed E-state index contributed by atoms with van der Waals surface area (Å²) in [5.41, 5.74) is 1.16. The van der Waals surface area contributed by atoms with Gasteiger partial charge in [0.2, 0.25) is 5.91 Å². The number of hydrogen-bond acceptors (Lipinski definition) is 3. The molecule has 1 amide bonds.